The Labute approximate surface area is 161 Å². The average molecular weight is 398 g/mol. The number of methoxy groups -OCH3 is 1. The Morgan fingerprint density at radius 1 is 1.11 bits per heavy atom. The first-order valence-corrected chi connectivity index (χ1v) is 10.2. The summed E-state index contributed by atoms with van der Waals surface area (Å²) in [6.07, 6.45) is 3.31. The average Bonchev–Trinajstić information content (AvgIpc) is 3.08. The molecule has 3 heterocycles. The van der Waals surface area contributed by atoms with Gasteiger partial charge >= 0.3 is 0 Å². The van der Waals surface area contributed by atoms with Gasteiger partial charge in [-0.3, -0.25) is 14.1 Å². The highest BCUT2D eigenvalue weighted by Crippen LogP contribution is 2.30. The van der Waals surface area contributed by atoms with Gasteiger partial charge in [0, 0.05) is 11.8 Å². The number of pyridine rings is 1. The van der Waals surface area contributed by atoms with Gasteiger partial charge in [-0.2, -0.15) is 0 Å². The third kappa shape index (κ3) is 3.11. The number of benzene rings is 1. The van der Waals surface area contributed by atoms with Crippen LogP contribution in [-0.2, 0) is 10.0 Å². The molecule has 28 heavy (non-hydrogen) atoms. The molecule has 4 aromatic rings. The minimum Gasteiger partial charge on any atom is -0.480 e. The lowest BCUT2D eigenvalue weighted by molar-refractivity contribution is 0.400. The first-order chi connectivity index (χ1) is 13.4. The molecule has 0 saturated heterocycles. The molecule has 4 rings (SSSR count). The molecule has 0 fully saturated rings. The van der Waals surface area contributed by atoms with Gasteiger partial charge in [0.2, 0.25) is 15.9 Å². The van der Waals surface area contributed by atoms with Crippen LogP contribution in [0.4, 0.5) is 5.69 Å². The minimum atomic E-state index is -3.47. The molecule has 1 N–H and O–H groups in total. The number of aryl methyl sites for hydroxylation is 1. The lowest BCUT2D eigenvalue weighted by Crippen LogP contribution is -2.15. The molecule has 0 atom stereocenters. The van der Waals surface area contributed by atoms with Crippen LogP contribution in [0.25, 0.3) is 27.8 Å². The summed E-state index contributed by atoms with van der Waals surface area (Å²) in [5.74, 6) is 0.913. The number of hydrogen-bond donors (Lipinski definition) is 1. The van der Waals surface area contributed by atoms with E-state index in [-0.39, 0.29) is 11.6 Å². The van der Waals surface area contributed by atoms with Gasteiger partial charge in [-0.05, 0) is 37.6 Å². The lowest BCUT2D eigenvalue weighted by Gasteiger charge is -2.12. The summed E-state index contributed by atoms with van der Waals surface area (Å²) in [7, 11) is -2.02. The molecule has 0 spiro atoms. The zero-order valence-electron chi connectivity index (χ0n) is 15.5. The molecule has 10 heteroatoms. The first kappa shape index (κ1) is 18.1. The normalized spacial score (nSPS) is 11.8. The standard InChI is InChI=1S/C18H18N6O3S/c1-4-28(25,26)23-15-7-13(9-20-18(15)27-3)12-5-6-14-16(8-12)24-11(2)21-22-17(24)10-19-14/h5-10,23H,4H2,1-3H3. The van der Waals surface area contributed by atoms with E-state index in [4.69, 9.17) is 4.74 Å². The summed E-state index contributed by atoms with van der Waals surface area (Å²) in [6.45, 7) is 3.44. The second-order valence-electron chi connectivity index (χ2n) is 6.19. The summed E-state index contributed by atoms with van der Waals surface area (Å²) in [6, 6.07) is 7.45. The van der Waals surface area contributed by atoms with Gasteiger partial charge in [-0.25, -0.2) is 13.4 Å². The highest BCUT2D eigenvalue weighted by Gasteiger charge is 2.15. The molecule has 0 radical (unpaired) electrons. The molecule has 0 aliphatic rings. The monoisotopic (exact) mass is 398 g/mol. The molecule has 0 saturated carbocycles. The van der Waals surface area contributed by atoms with E-state index in [1.54, 1.807) is 25.4 Å². The Morgan fingerprint density at radius 2 is 1.93 bits per heavy atom. The molecular formula is C18H18N6O3S. The highest BCUT2D eigenvalue weighted by atomic mass is 32.2. The number of hydrogen-bond acceptors (Lipinski definition) is 7. The first-order valence-electron chi connectivity index (χ1n) is 8.57. The van der Waals surface area contributed by atoms with Crippen LogP contribution in [0, 0.1) is 6.92 Å². The van der Waals surface area contributed by atoms with E-state index >= 15 is 0 Å². The summed E-state index contributed by atoms with van der Waals surface area (Å²) in [4.78, 5) is 8.66. The number of sulfonamides is 1. The highest BCUT2D eigenvalue weighted by molar-refractivity contribution is 7.92. The van der Waals surface area contributed by atoms with E-state index in [0.717, 1.165) is 28.0 Å². The third-order valence-corrected chi connectivity index (χ3v) is 5.70. The smallest absolute Gasteiger partial charge is 0.238 e. The summed E-state index contributed by atoms with van der Waals surface area (Å²) < 4.78 is 33.6. The zero-order chi connectivity index (χ0) is 19.9. The lowest BCUT2D eigenvalue weighted by atomic mass is 10.1. The molecule has 0 unspecified atom stereocenters. The van der Waals surface area contributed by atoms with E-state index in [2.05, 4.69) is 24.9 Å². The Morgan fingerprint density at radius 3 is 2.68 bits per heavy atom. The molecule has 144 valence electrons. The molecular weight excluding hydrogens is 380 g/mol. The van der Waals surface area contributed by atoms with Crippen molar-refractivity contribution in [3.05, 3.63) is 42.5 Å². The molecule has 3 aromatic heterocycles. The molecule has 0 bridgehead atoms. The number of anilines is 1. The summed E-state index contributed by atoms with van der Waals surface area (Å²) in [5, 5.41) is 8.20. The van der Waals surface area contributed by atoms with Crippen molar-refractivity contribution in [1.82, 2.24) is 24.6 Å². The fourth-order valence-electron chi connectivity index (χ4n) is 2.96. The van der Waals surface area contributed by atoms with E-state index in [0.29, 0.717) is 11.3 Å². The van der Waals surface area contributed by atoms with Crippen molar-refractivity contribution in [3.8, 4) is 17.0 Å². The van der Waals surface area contributed by atoms with Crippen LogP contribution < -0.4 is 9.46 Å². The van der Waals surface area contributed by atoms with E-state index in [1.807, 2.05) is 29.5 Å². The van der Waals surface area contributed by atoms with Crippen LogP contribution in [-0.4, -0.2) is 45.8 Å². The molecule has 1 aromatic carbocycles. The maximum Gasteiger partial charge on any atom is 0.238 e. The number of fused-ring (bicyclic) bond motifs is 3. The quantitative estimate of drug-likeness (QED) is 0.549. The van der Waals surface area contributed by atoms with Crippen molar-refractivity contribution in [1.29, 1.82) is 0 Å². The Hall–Kier alpha value is -3.27. The maximum absolute atomic E-state index is 12.0. The van der Waals surface area contributed by atoms with Gasteiger partial charge in [-0.1, -0.05) is 6.07 Å². The van der Waals surface area contributed by atoms with Crippen LogP contribution >= 0.6 is 0 Å². The molecule has 0 aliphatic carbocycles. The predicted octanol–water partition coefficient (Wildman–Crippen LogP) is 2.42. The Kier molecular flexibility index (Phi) is 4.34. The maximum atomic E-state index is 12.0. The van der Waals surface area contributed by atoms with E-state index in [1.165, 1.54) is 7.11 Å². The number of nitrogens with zero attached hydrogens (tertiary/aromatic N) is 5. The minimum absolute atomic E-state index is 0.0487. The van der Waals surface area contributed by atoms with Crippen LogP contribution in [0.15, 0.2) is 36.7 Å². The summed E-state index contributed by atoms with van der Waals surface area (Å²) in [5.41, 5.74) is 4.18. The van der Waals surface area contributed by atoms with Crippen molar-refractivity contribution >= 4 is 32.4 Å². The Bertz CT molecular complexity index is 1300. The van der Waals surface area contributed by atoms with Crippen LogP contribution in [0.2, 0.25) is 0 Å². The van der Waals surface area contributed by atoms with Crippen molar-refractivity contribution < 1.29 is 13.2 Å². The predicted molar refractivity (Wildman–Crippen MR) is 106 cm³/mol. The second-order valence-corrected chi connectivity index (χ2v) is 8.20. The van der Waals surface area contributed by atoms with Crippen molar-refractivity contribution in [3.63, 3.8) is 0 Å². The van der Waals surface area contributed by atoms with Crippen LogP contribution in [0.3, 0.4) is 0 Å². The number of nitrogens with one attached hydrogen (secondary N) is 1. The number of rotatable bonds is 5. The number of aromatic nitrogens is 5. The second kappa shape index (κ2) is 6.71. The largest absolute Gasteiger partial charge is 0.480 e. The van der Waals surface area contributed by atoms with Crippen molar-refractivity contribution in [2.75, 3.05) is 17.6 Å². The van der Waals surface area contributed by atoms with Gasteiger partial charge < -0.3 is 4.74 Å². The third-order valence-electron chi connectivity index (χ3n) is 4.41. The van der Waals surface area contributed by atoms with E-state index in [9.17, 15) is 8.42 Å². The fraction of sp³-hybridized carbons (Fsp3) is 0.222. The van der Waals surface area contributed by atoms with Crippen molar-refractivity contribution in [2.45, 2.75) is 13.8 Å². The zero-order valence-corrected chi connectivity index (χ0v) is 16.4. The molecule has 0 aliphatic heterocycles. The van der Waals surface area contributed by atoms with Gasteiger partial charge in [0.1, 0.15) is 11.5 Å². The molecule has 0 amide bonds. The van der Waals surface area contributed by atoms with Crippen molar-refractivity contribution in [2.24, 2.45) is 0 Å². The Balaban J connectivity index is 1.87. The topological polar surface area (TPSA) is 111 Å². The van der Waals surface area contributed by atoms with Crippen LogP contribution in [0.1, 0.15) is 12.7 Å². The fourth-order valence-corrected chi connectivity index (χ4v) is 3.59. The van der Waals surface area contributed by atoms with Gasteiger partial charge in [0.15, 0.2) is 5.65 Å². The van der Waals surface area contributed by atoms with E-state index < -0.39 is 10.0 Å². The van der Waals surface area contributed by atoms with Gasteiger partial charge in [0.05, 0.1) is 30.1 Å². The van der Waals surface area contributed by atoms with Gasteiger partial charge in [-0.15, -0.1) is 10.2 Å². The number of ether oxygens (including phenoxy) is 1. The summed E-state index contributed by atoms with van der Waals surface area (Å²) >= 11 is 0. The van der Waals surface area contributed by atoms with Crippen LogP contribution in [0.5, 0.6) is 5.88 Å². The SMILES string of the molecule is CCS(=O)(=O)Nc1cc(-c2ccc3ncc4nnc(C)n4c3c2)cnc1OC. The van der Waals surface area contributed by atoms with Gasteiger partial charge in [0.25, 0.3) is 0 Å². The molecule has 9 nitrogen and oxygen atoms in total.